The molecule has 0 bridgehead atoms. The van der Waals surface area contributed by atoms with Crippen LogP contribution in [0.1, 0.15) is 42.4 Å². The fourth-order valence-electron chi connectivity index (χ4n) is 2.70. The first-order valence-corrected chi connectivity index (χ1v) is 6.85. The van der Waals surface area contributed by atoms with Crippen molar-refractivity contribution >= 4 is 0 Å². The number of benzene rings is 1. The van der Waals surface area contributed by atoms with Crippen LogP contribution in [-0.2, 0) is 6.42 Å². The highest BCUT2D eigenvalue weighted by Gasteiger charge is 2.29. The van der Waals surface area contributed by atoms with Gasteiger partial charge in [0.2, 0.25) is 0 Å². The third kappa shape index (κ3) is 2.26. The molecule has 3 nitrogen and oxygen atoms in total. The minimum absolute atomic E-state index is 0.106. The van der Waals surface area contributed by atoms with Crippen LogP contribution in [0.4, 0.5) is 0 Å². The minimum Gasteiger partial charge on any atom is -0.493 e. The fraction of sp³-hybridized carbons (Fsp3) is 0.375. The molecule has 3 heteroatoms. The summed E-state index contributed by atoms with van der Waals surface area (Å²) in [5.41, 5.74) is 7.59. The van der Waals surface area contributed by atoms with Crippen molar-refractivity contribution in [2.24, 2.45) is 5.73 Å². The van der Waals surface area contributed by atoms with Crippen molar-refractivity contribution in [1.82, 2.24) is 0 Å². The van der Waals surface area contributed by atoms with Gasteiger partial charge in [-0.3, -0.25) is 0 Å². The summed E-state index contributed by atoms with van der Waals surface area (Å²) in [6, 6.07) is 12.0. The molecule has 0 radical (unpaired) electrons. The van der Waals surface area contributed by atoms with Gasteiger partial charge in [0.25, 0.3) is 0 Å². The van der Waals surface area contributed by atoms with Crippen LogP contribution in [0, 0.1) is 0 Å². The summed E-state index contributed by atoms with van der Waals surface area (Å²) in [7, 11) is 0. The third-order valence-corrected chi connectivity index (χ3v) is 3.80. The van der Waals surface area contributed by atoms with Crippen LogP contribution in [0.2, 0.25) is 0 Å². The Morgan fingerprint density at radius 3 is 2.89 bits per heavy atom. The van der Waals surface area contributed by atoms with Crippen molar-refractivity contribution in [3.63, 3.8) is 0 Å². The van der Waals surface area contributed by atoms with Gasteiger partial charge in [-0.05, 0) is 30.2 Å². The first kappa shape index (κ1) is 12.3. The van der Waals surface area contributed by atoms with E-state index in [-0.39, 0.29) is 12.0 Å². The predicted octanol–water partition coefficient (Wildman–Crippen LogP) is 3.41. The van der Waals surface area contributed by atoms with Crippen molar-refractivity contribution in [2.45, 2.75) is 31.7 Å². The van der Waals surface area contributed by atoms with E-state index in [2.05, 4.69) is 13.0 Å². The Kier molecular flexibility index (Phi) is 3.30. The van der Waals surface area contributed by atoms with Crippen LogP contribution >= 0.6 is 0 Å². The molecule has 2 atom stereocenters. The molecule has 2 unspecified atom stereocenters. The number of para-hydroxylation sites is 1. The molecule has 0 fully saturated rings. The highest BCUT2D eigenvalue weighted by Crippen LogP contribution is 2.40. The number of nitrogens with two attached hydrogens (primary N) is 1. The second kappa shape index (κ2) is 5.10. The predicted molar refractivity (Wildman–Crippen MR) is 74.3 cm³/mol. The van der Waals surface area contributed by atoms with E-state index >= 15 is 0 Å². The largest absolute Gasteiger partial charge is 0.493 e. The first-order chi connectivity index (χ1) is 9.29. The van der Waals surface area contributed by atoms with Crippen LogP contribution in [0.5, 0.6) is 5.75 Å². The molecule has 1 aliphatic heterocycles. The standard InChI is InChI=1S/C16H19NO2/c1-2-11-7-8-15(19-11)16(17)13-9-10-18-14-6-4-3-5-12(13)14/h3-8,13,16H,2,9-10,17H2,1H3. The molecule has 0 saturated heterocycles. The topological polar surface area (TPSA) is 48.4 Å². The Balaban J connectivity index is 1.90. The van der Waals surface area contributed by atoms with Crippen LogP contribution in [0.3, 0.4) is 0 Å². The Morgan fingerprint density at radius 2 is 2.11 bits per heavy atom. The van der Waals surface area contributed by atoms with Gasteiger partial charge in [0, 0.05) is 12.3 Å². The van der Waals surface area contributed by atoms with E-state index < -0.39 is 0 Å². The summed E-state index contributed by atoms with van der Waals surface area (Å²) in [6.45, 7) is 2.80. The number of hydrogen-bond acceptors (Lipinski definition) is 3. The van der Waals surface area contributed by atoms with Crippen molar-refractivity contribution in [2.75, 3.05) is 6.61 Å². The number of fused-ring (bicyclic) bond motifs is 1. The van der Waals surface area contributed by atoms with Crippen molar-refractivity contribution < 1.29 is 9.15 Å². The Hall–Kier alpha value is -1.74. The molecule has 0 aliphatic carbocycles. The maximum Gasteiger partial charge on any atom is 0.122 e. The number of rotatable bonds is 3. The van der Waals surface area contributed by atoms with Gasteiger partial charge in [-0.15, -0.1) is 0 Å². The van der Waals surface area contributed by atoms with Crippen molar-refractivity contribution in [3.05, 3.63) is 53.5 Å². The fourth-order valence-corrected chi connectivity index (χ4v) is 2.70. The zero-order chi connectivity index (χ0) is 13.2. The molecular weight excluding hydrogens is 238 g/mol. The molecule has 1 aromatic carbocycles. The second-order valence-electron chi connectivity index (χ2n) is 4.96. The highest BCUT2D eigenvalue weighted by atomic mass is 16.5. The smallest absolute Gasteiger partial charge is 0.122 e. The van der Waals surface area contributed by atoms with Crippen LogP contribution in [-0.4, -0.2) is 6.61 Å². The maximum absolute atomic E-state index is 6.40. The SMILES string of the molecule is CCc1ccc(C(N)C2CCOc3ccccc32)o1. The van der Waals surface area contributed by atoms with Gasteiger partial charge in [-0.2, -0.15) is 0 Å². The Bertz CT molecular complexity index is 561. The zero-order valence-corrected chi connectivity index (χ0v) is 11.1. The van der Waals surface area contributed by atoms with Gasteiger partial charge in [0.1, 0.15) is 17.3 Å². The number of aryl methyl sites for hydroxylation is 1. The van der Waals surface area contributed by atoms with Crippen LogP contribution in [0.15, 0.2) is 40.8 Å². The monoisotopic (exact) mass is 257 g/mol. The summed E-state index contributed by atoms with van der Waals surface area (Å²) < 4.78 is 11.5. The molecule has 3 rings (SSSR count). The van der Waals surface area contributed by atoms with E-state index in [4.69, 9.17) is 14.9 Å². The van der Waals surface area contributed by atoms with E-state index in [1.165, 1.54) is 5.56 Å². The van der Waals surface area contributed by atoms with Crippen molar-refractivity contribution in [3.8, 4) is 5.75 Å². The number of hydrogen-bond donors (Lipinski definition) is 1. The molecule has 0 saturated carbocycles. The average Bonchev–Trinajstić information content (AvgIpc) is 2.95. The van der Waals surface area contributed by atoms with Gasteiger partial charge in [0.15, 0.2) is 0 Å². The quantitative estimate of drug-likeness (QED) is 0.916. The van der Waals surface area contributed by atoms with Gasteiger partial charge < -0.3 is 14.9 Å². The van der Waals surface area contributed by atoms with Gasteiger partial charge >= 0.3 is 0 Å². The molecule has 0 spiro atoms. The average molecular weight is 257 g/mol. The normalized spacial score (nSPS) is 19.6. The molecule has 100 valence electrons. The lowest BCUT2D eigenvalue weighted by Crippen LogP contribution is -2.25. The second-order valence-corrected chi connectivity index (χ2v) is 4.96. The first-order valence-electron chi connectivity index (χ1n) is 6.85. The van der Waals surface area contributed by atoms with Gasteiger partial charge in [0.05, 0.1) is 12.6 Å². The molecule has 2 heterocycles. The van der Waals surface area contributed by atoms with E-state index in [0.29, 0.717) is 0 Å². The summed E-state index contributed by atoms with van der Waals surface area (Å²) in [5.74, 6) is 3.08. The minimum atomic E-state index is -0.106. The molecule has 1 aromatic heterocycles. The third-order valence-electron chi connectivity index (χ3n) is 3.80. The number of ether oxygens (including phenoxy) is 1. The Labute approximate surface area is 113 Å². The molecule has 2 N–H and O–H groups in total. The van der Waals surface area contributed by atoms with Crippen LogP contribution in [0.25, 0.3) is 0 Å². The van der Waals surface area contributed by atoms with Crippen LogP contribution < -0.4 is 10.5 Å². The lowest BCUT2D eigenvalue weighted by Gasteiger charge is -2.29. The number of furan rings is 1. The molecule has 19 heavy (non-hydrogen) atoms. The molecule has 2 aromatic rings. The zero-order valence-electron chi connectivity index (χ0n) is 11.1. The molecule has 0 amide bonds. The summed E-state index contributed by atoms with van der Waals surface area (Å²) in [5, 5.41) is 0. The van der Waals surface area contributed by atoms with Crippen molar-refractivity contribution in [1.29, 1.82) is 0 Å². The molecular formula is C16H19NO2. The van der Waals surface area contributed by atoms with E-state index in [0.717, 1.165) is 36.7 Å². The summed E-state index contributed by atoms with van der Waals surface area (Å²) >= 11 is 0. The maximum atomic E-state index is 6.40. The van der Waals surface area contributed by atoms with E-state index in [1.807, 2.05) is 30.3 Å². The van der Waals surface area contributed by atoms with Gasteiger partial charge in [-0.25, -0.2) is 0 Å². The lowest BCUT2D eigenvalue weighted by atomic mass is 9.86. The molecule has 1 aliphatic rings. The lowest BCUT2D eigenvalue weighted by molar-refractivity contribution is 0.248. The van der Waals surface area contributed by atoms with Gasteiger partial charge in [-0.1, -0.05) is 25.1 Å². The Morgan fingerprint density at radius 1 is 1.26 bits per heavy atom. The van der Waals surface area contributed by atoms with E-state index in [9.17, 15) is 0 Å². The summed E-state index contributed by atoms with van der Waals surface area (Å²) in [6.07, 6.45) is 1.83. The summed E-state index contributed by atoms with van der Waals surface area (Å²) in [4.78, 5) is 0. The highest BCUT2D eigenvalue weighted by molar-refractivity contribution is 5.39. The van der Waals surface area contributed by atoms with E-state index in [1.54, 1.807) is 0 Å².